The van der Waals surface area contributed by atoms with E-state index in [1.54, 1.807) is 29.3 Å². The number of anilines is 1. The van der Waals surface area contributed by atoms with E-state index in [2.05, 4.69) is 39.7 Å². The SMILES string of the molecule is CC(C)(C(=O)Nc1ccc(-c2ccc(C3CCC(CC(=O)O)CC3)cc2)nc1)n1cccn1. The molecule has 0 spiro atoms. The lowest BCUT2D eigenvalue weighted by Gasteiger charge is -2.28. The summed E-state index contributed by atoms with van der Waals surface area (Å²) in [5.41, 5.74) is 2.99. The van der Waals surface area contributed by atoms with Gasteiger partial charge in [0, 0.05) is 24.4 Å². The number of carboxylic acids is 1. The van der Waals surface area contributed by atoms with Crippen LogP contribution in [0.3, 0.4) is 0 Å². The first kappa shape index (κ1) is 22.7. The number of nitrogens with one attached hydrogen (secondary N) is 1. The number of carboxylic acid groups (broad SMARTS) is 1. The summed E-state index contributed by atoms with van der Waals surface area (Å²) in [5, 5.41) is 16.1. The molecule has 0 saturated heterocycles. The molecule has 0 aliphatic heterocycles. The van der Waals surface area contributed by atoms with Gasteiger partial charge in [0.2, 0.25) is 0 Å². The van der Waals surface area contributed by atoms with Crippen molar-refractivity contribution < 1.29 is 14.7 Å². The number of amides is 1. The van der Waals surface area contributed by atoms with Gasteiger partial charge in [-0.1, -0.05) is 24.3 Å². The van der Waals surface area contributed by atoms with Gasteiger partial charge in [-0.15, -0.1) is 0 Å². The second-order valence-electron chi connectivity index (χ2n) is 9.33. The van der Waals surface area contributed by atoms with Crippen molar-refractivity contribution in [3.8, 4) is 11.3 Å². The lowest BCUT2D eigenvalue weighted by Crippen LogP contribution is -2.40. The quantitative estimate of drug-likeness (QED) is 0.528. The molecule has 1 aromatic carbocycles. The number of aliphatic carboxylic acids is 1. The van der Waals surface area contributed by atoms with Gasteiger partial charge < -0.3 is 10.4 Å². The molecule has 7 heteroatoms. The number of carbonyl (C=O) groups is 2. The third-order valence-electron chi connectivity index (χ3n) is 6.64. The van der Waals surface area contributed by atoms with Crippen molar-refractivity contribution in [2.75, 3.05) is 5.32 Å². The fourth-order valence-electron chi connectivity index (χ4n) is 4.50. The molecular formula is C26H30N4O3. The van der Waals surface area contributed by atoms with E-state index in [9.17, 15) is 9.59 Å². The summed E-state index contributed by atoms with van der Waals surface area (Å²) in [7, 11) is 0. The van der Waals surface area contributed by atoms with Crippen LogP contribution in [0.4, 0.5) is 5.69 Å². The Kier molecular flexibility index (Phi) is 6.58. The van der Waals surface area contributed by atoms with Crippen molar-refractivity contribution in [3.63, 3.8) is 0 Å². The van der Waals surface area contributed by atoms with E-state index in [4.69, 9.17) is 5.11 Å². The first-order chi connectivity index (χ1) is 15.8. The van der Waals surface area contributed by atoms with Gasteiger partial charge in [0.1, 0.15) is 5.54 Å². The maximum atomic E-state index is 12.7. The summed E-state index contributed by atoms with van der Waals surface area (Å²) < 4.78 is 1.63. The predicted molar refractivity (Wildman–Crippen MR) is 127 cm³/mol. The monoisotopic (exact) mass is 446 g/mol. The number of aromatic nitrogens is 3. The zero-order chi connectivity index (χ0) is 23.4. The minimum Gasteiger partial charge on any atom is -0.481 e. The third kappa shape index (κ3) is 5.30. The highest BCUT2D eigenvalue weighted by molar-refractivity contribution is 5.96. The van der Waals surface area contributed by atoms with Crippen molar-refractivity contribution in [2.24, 2.45) is 5.92 Å². The molecule has 1 aliphatic carbocycles. The van der Waals surface area contributed by atoms with E-state index in [1.807, 2.05) is 26.0 Å². The van der Waals surface area contributed by atoms with Gasteiger partial charge >= 0.3 is 5.97 Å². The maximum Gasteiger partial charge on any atom is 0.303 e. The Morgan fingerprint density at radius 3 is 2.39 bits per heavy atom. The minimum absolute atomic E-state index is 0.164. The van der Waals surface area contributed by atoms with E-state index >= 15 is 0 Å². The summed E-state index contributed by atoms with van der Waals surface area (Å²) in [6.45, 7) is 3.63. The van der Waals surface area contributed by atoms with Gasteiger partial charge in [0.05, 0.1) is 17.6 Å². The van der Waals surface area contributed by atoms with E-state index in [1.165, 1.54) is 5.56 Å². The number of carbonyl (C=O) groups excluding carboxylic acids is 1. The molecule has 3 aromatic rings. The van der Waals surface area contributed by atoms with Gasteiger partial charge in [-0.2, -0.15) is 5.10 Å². The molecule has 1 aliphatic rings. The molecule has 2 aromatic heterocycles. The van der Waals surface area contributed by atoms with Crippen molar-refractivity contribution in [1.29, 1.82) is 0 Å². The molecule has 7 nitrogen and oxygen atoms in total. The number of nitrogens with zero attached hydrogens (tertiary/aromatic N) is 3. The molecule has 1 saturated carbocycles. The van der Waals surface area contributed by atoms with E-state index < -0.39 is 11.5 Å². The number of benzene rings is 1. The Morgan fingerprint density at radius 1 is 1.09 bits per heavy atom. The van der Waals surface area contributed by atoms with E-state index in [0.717, 1.165) is 36.9 Å². The normalized spacial score (nSPS) is 18.6. The number of rotatable bonds is 7. The Balaban J connectivity index is 1.36. The van der Waals surface area contributed by atoms with Gasteiger partial charge in [-0.05, 0) is 75.1 Å². The summed E-state index contributed by atoms with van der Waals surface area (Å²) in [6.07, 6.45) is 9.42. The fourth-order valence-corrected chi connectivity index (χ4v) is 4.50. The molecule has 172 valence electrons. The van der Waals surface area contributed by atoms with Crippen LogP contribution in [0.15, 0.2) is 61.1 Å². The van der Waals surface area contributed by atoms with Crippen LogP contribution in [0.2, 0.25) is 0 Å². The van der Waals surface area contributed by atoms with E-state index in [0.29, 0.717) is 17.5 Å². The summed E-state index contributed by atoms with van der Waals surface area (Å²) in [5.74, 6) is -0.0511. The highest BCUT2D eigenvalue weighted by Gasteiger charge is 2.30. The van der Waals surface area contributed by atoms with Crippen molar-refractivity contribution in [1.82, 2.24) is 14.8 Å². The summed E-state index contributed by atoms with van der Waals surface area (Å²) in [6, 6.07) is 14.0. The van der Waals surface area contributed by atoms with Crippen LogP contribution >= 0.6 is 0 Å². The van der Waals surface area contributed by atoms with Gasteiger partial charge in [-0.25, -0.2) is 0 Å². The van der Waals surface area contributed by atoms with Crippen LogP contribution in [0.25, 0.3) is 11.3 Å². The Morgan fingerprint density at radius 2 is 1.82 bits per heavy atom. The van der Waals surface area contributed by atoms with Crippen LogP contribution in [0.1, 0.15) is 57.4 Å². The van der Waals surface area contributed by atoms with Crippen molar-refractivity contribution in [2.45, 2.75) is 57.4 Å². The van der Waals surface area contributed by atoms with Crippen LogP contribution in [-0.2, 0) is 15.1 Å². The lowest BCUT2D eigenvalue weighted by atomic mass is 9.77. The topological polar surface area (TPSA) is 97.1 Å². The highest BCUT2D eigenvalue weighted by Crippen LogP contribution is 2.37. The van der Waals surface area contributed by atoms with Crippen LogP contribution < -0.4 is 5.32 Å². The zero-order valence-electron chi connectivity index (χ0n) is 19.1. The largest absolute Gasteiger partial charge is 0.481 e. The Labute approximate surface area is 193 Å². The van der Waals surface area contributed by atoms with Crippen molar-refractivity contribution >= 4 is 17.6 Å². The second kappa shape index (κ2) is 9.57. The van der Waals surface area contributed by atoms with E-state index in [-0.39, 0.29) is 12.3 Å². The molecule has 0 radical (unpaired) electrons. The van der Waals surface area contributed by atoms with Crippen LogP contribution in [-0.4, -0.2) is 31.7 Å². The number of pyridine rings is 1. The highest BCUT2D eigenvalue weighted by atomic mass is 16.4. The Hall–Kier alpha value is -3.48. The molecule has 4 rings (SSSR count). The molecular weight excluding hydrogens is 416 g/mol. The smallest absolute Gasteiger partial charge is 0.303 e. The van der Waals surface area contributed by atoms with Gasteiger partial charge in [0.15, 0.2) is 0 Å². The first-order valence-corrected chi connectivity index (χ1v) is 11.4. The predicted octanol–water partition coefficient (Wildman–Crippen LogP) is 5.07. The molecule has 0 bridgehead atoms. The van der Waals surface area contributed by atoms with Crippen molar-refractivity contribution in [3.05, 3.63) is 66.6 Å². The first-order valence-electron chi connectivity index (χ1n) is 11.4. The minimum atomic E-state index is -0.815. The van der Waals surface area contributed by atoms with Crippen LogP contribution in [0, 0.1) is 5.92 Å². The standard InChI is InChI=1S/C26H30N4O3/c1-26(2,30-15-3-14-28-30)25(33)29-22-12-13-23(27-17-22)21-10-8-20(9-11-21)19-6-4-18(5-7-19)16-24(31)32/h3,8-15,17-19H,4-7,16H2,1-2H3,(H,29,33)(H,31,32). The summed E-state index contributed by atoms with van der Waals surface area (Å²) in [4.78, 5) is 28.2. The third-order valence-corrected chi connectivity index (χ3v) is 6.64. The maximum absolute atomic E-state index is 12.7. The molecule has 33 heavy (non-hydrogen) atoms. The molecule has 0 unspecified atom stereocenters. The molecule has 2 N–H and O–H groups in total. The fraction of sp³-hybridized carbons (Fsp3) is 0.385. The molecule has 2 heterocycles. The molecule has 0 atom stereocenters. The Bertz CT molecular complexity index is 1080. The average Bonchev–Trinajstić information content (AvgIpc) is 3.36. The summed E-state index contributed by atoms with van der Waals surface area (Å²) >= 11 is 0. The second-order valence-corrected chi connectivity index (χ2v) is 9.33. The number of hydrogen-bond acceptors (Lipinski definition) is 4. The zero-order valence-corrected chi connectivity index (χ0v) is 19.1. The average molecular weight is 447 g/mol. The number of hydrogen-bond donors (Lipinski definition) is 2. The molecule has 1 amide bonds. The van der Waals surface area contributed by atoms with Gasteiger partial charge in [0.25, 0.3) is 5.91 Å². The lowest BCUT2D eigenvalue weighted by molar-refractivity contribution is -0.138. The van der Waals surface area contributed by atoms with Crippen LogP contribution in [0.5, 0.6) is 0 Å². The van der Waals surface area contributed by atoms with Gasteiger partial charge in [-0.3, -0.25) is 19.3 Å². The molecule has 1 fully saturated rings.